The van der Waals surface area contributed by atoms with Crippen molar-refractivity contribution in [2.45, 2.75) is 42.0 Å². The first kappa shape index (κ1) is 26.3. The maximum absolute atomic E-state index is 9.74. The first-order valence-corrected chi connectivity index (χ1v) is 13.7. The Morgan fingerprint density at radius 1 is 1.26 bits per heavy atom. The van der Waals surface area contributed by atoms with Gasteiger partial charge < -0.3 is 19.4 Å². The summed E-state index contributed by atoms with van der Waals surface area (Å²) in [6.07, 6.45) is 13.4. The van der Waals surface area contributed by atoms with E-state index >= 15 is 0 Å². The highest BCUT2D eigenvalue weighted by atomic mass is 35.5. The van der Waals surface area contributed by atoms with Crippen LogP contribution in [0, 0.1) is 11.3 Å². The fourth-order valence-corrected chi connectivity index (χ4v) is 5.32. The average molecular weight is 546 g/mol. The lowest BCUT2D eigenvalue weighted by Crippen LogP contribution is -2.22. The van der Waals surface area contributed by atoms with E-state index in [-0.39, 0.29) is 6.29 Å². The van der Waals surface area contributed by atoms with Gasteiger partial charge in [-0.1, -0.05) is 47.6 Å². The van der Waals surface area contributed by atoms with Gasteiger partial charge in [0.05, 0.1) is 28.4 Å². The zero-order valence-corrected chi connectivity index (χ0v) is 22.6. The number of nitriles is 1. The molecule has 194 valence electrons. The maximum atomic E-state index is 9.74. The van der Waals surface area contributed by atoms with E-state index in [4.69, 9.17) is 21.1 Å². The molecule has 1 N–H and O–H groups in total. The molecule has 9 heteroatoms. The van der Waals surface area contributed by atoms with Crippen molar-refractivity contribution >= 4 is 51.7 Å². The molecular weight excluding hydrogens is 518 g/mol. The molecule has 0 saturated carbocycles. The lowest BCUT2D eigenvalue weighted by atomic mass is 10.1. The number of aryl methyl sites for hydroxylation is 1. The van der Waals surface area contributed by atoms with Gasteiger partial charge >= 0.3 is 0 Å². The smallest absolute Gasteiger partial charge is 0.172 e. The number of fused-ring (bicyclic) bond motifs is 1. The van der Waals surface area contributed by atoms with E-state index in [9.17, 15) is 5.26 Å². The van der Waals surface area contributed by atoms with E-state index < -0.39 is 0 Å². The van der Waals surface area contributed by atoms with E-state index in [0.29, 0.717) is 22.9 Å². The van der Waals surface area contributed by atoms with Gasteiger partial charge in [-0.15, -0.1) is 0 Å². The molecule has 2 aromatic heterocycles. The fourth-order valence-electron chi connectivity index (χ4n) is 4.22. The number of anilines is 2. The van der Waals surface area contributed by atoms with Crippen molar-refractivity contribution in [1.29, 1.82) is 5.26 Å². The highest BCUT2D eigenvalue weighted by Gasteiger charge is 2.14. The number of imidazole rings is 1. The van der Waals surface area contributed by atoms with Gasteiger partial charge in [0.1, 0.15) is 6.07 Å². The van der Waals surface area contributed by atoms with Crippen LogP contribution in [0.15, 0.2) is 71.1 Å². The minimum Gasteiger partial charge on any atom is -0.354 e. The van der Waals surface area contributed by atoms with Crippen molar-refractivity contribution < 1.29 is 9.47 Å². The van der Waals surface area contributed by atoms with Crippen LogP contribution in [0.25, 0.3) is 17.0 Å². The Hall–Kier alpha value is -3.35. The summed E-state index contributed by atoms with van der Waals surface area (Å²) in [5, 5.41) is 15.5. The van der Waals surface area contributed by atoms with Crippen molar-refractivity contribution in [3.63, 3.8) is 0 Å². The van der Waals surface area contributed by atoms with E-state index in [1.165, 1.54) is 11.8 Å². The maximum Gasteiger partial charge on any atom is 0.172 e. The highest BCUT2D eigenvalue weighted by molar-refractivity contribution is 7.99. The van der Waals surface area contributed by atoms with Crippen molar-refractivity contribution in [1.82, 2.24) is 14.5 Å². The van der Waals surface area contributed by atoms with E-state index in [0.717, 1.165) is 64.5 Å². The molecule has 0 spiro atoms. The van der Waals surface area contributed by atoms with Crippen LogP contribution in [0.2, 0.25) is 5.02 Å². The Morgan fingerprint density at radius 2 is 2.18 bits per heavy atom. The van der Waals surface area contributed by atoms with E-state index in [1.807, 2.05) is 54.2 Å². The molecule has 1 aliphatic heterocycles. The van der Waals surface area contributed by atoms with Crippen molar-refractivity contribution in [3.8, 4) is 6.07 Å². The number of nitrogens with zero attached hydrogens (tertiary/aromatic N) is 4. The van der Waals surface area contributed by atoms with Crippen molar-refractivity contribution in [3.05, 3.63) is 77.2 Å². The standard InChI is InChI=1S/C29H28ClN5O2S/c1-35-13-12-32-29(35)38-26-11-9-22(17-24(26)30)34-28-21(18-31)19-33-25-16-20(8-10-23(25)28)6-2-4-14-36-27-7-3-5-15-37-27/h2,6,8-13,16-17,19,27H,3-5,7,14-15H2,1H3,(H,33,34). The Kier molecular flexibility index (Phi) is 8.61. The fraction of sp³-hybridized carbons (Fsp3) is 0.276. The minimum atomic E-state index is -0.0622. The normalized spacial score (nSPS) is 15.7. The molecule has 0 amide bonds. The van der Waals surface area contributed by atoms with E-state index in [2.05, 4.69) is 33.5 Å². The molecule has 1 fully saturated rings. The molecule has 2 aromatic carbocycles. The monoisotopic (exact) mass is 545 g/mol. The van der Waals surface area contributed by atoms with E-state index in [1.54, 1.807) is 12.4 Å². The molecule has 4 aromatic rings. The Balaban J connectivity index is 1.29. The van der Waals surface area contributed by atoms with Crippen LogP contribution in [-0.2, 0) is 16.5 Å². The summed E-state index contributed by atoms with van der Waals surface area (Å²) in [6.45, 7) is 1.42. The summed E-state index contributed by atoms with van der Waals surface area (Å²) in [4.78, 5) is 9.77. The summed E-state index contributed by atoms with van der Waals surface area (Å²) < 4.78 is 13.3. The summed E-state index contributed by atoms with van der Waals surface area (Å²) in [6, 6.07) is 14.0. The Labute approximate surface area is 231 Å². The predicted molar refractivity (Wildman–Crippen MR) is 152 cm³/mol. The second-order valence-electron chi connectivity index (χ2n) is 8.99. The van der Waals surface area contributed by atoms with Crippen LogP contribution in [0.5, 0.6) is 0 Å². The quantitative estimate of drug-likeness (QED) is 0.220. The number of benzene rings is 2. The number of ether oxygens (including phenoxy) is 2. The van der Waals surface area contributed by atoms with Crippen LogP contribution >= 0.6 is 23.4 Å². The first-order chi connectivity index (χ1) is 18.6. The van der Waals surface area contributed by atoms with Gasteiger partial charge in [-0.3, -0.25) is 4.98 Å². The molecule has 38 heavy (non-hydrogen) atoms. The lowest BCUT2D eigenvalue weighted by molar-refractivity contribution is -0.161. The summed E-state index contributed by atoms with van der Waals surface area (Å²) in [7, 11) is 1.94. The zero-order chi connectivity index (χ0) is 26.3. The third-order valence-corrected chi connectivity index (χ3v) is 7.81. The molecule has 7 nitrogen and oxygen atoms in total. The molecular formula is C29H28ClN5O2S. The molecule has 1 atom stereocenters. The number of hydrogen-bond donors (Lipinski definition) is 1. The second-order valence-corrected chi connectivity index (χ2v) is 10.4. The first-order valence-electron chi connectivity index (χ1n) is 12.5. The van der Waals surface area contributed by atoms with Gasteiger partial charge in [0.15, 0.2) is 11.4 Å². The Bertz CT molecular complexity index is 1490. The van der Waals surface area contributed by atoms with Crippen LogP contribution < -0.4 is 5.32 Å². The largest absolute Gasteiger partial charge is 0.354 e. The Morgan fingerprint density at radius 3 is 2.95 bits per heavy atom. The number of aromatic nitrogens is 3. The average Bonchev–Trinajstić information content (AvgIpc) is 3.34. The van der Waals surface area contributed by atoms with Crippen molar-refractivity contribution in [2.24, 2.45) is 7.05 Å². The molecule has 0 aliphatic carbocycles. The topological polar surface area (TPSA) is 85.0 Å². The molecule has 0 bridgehead atoms. The molecule has 1 aliphatic rings. The van der Waals surface area contributed by atoms with Crippen molar-refractivity contribution in [2.75, 3.05) is 18.5 Å². The third-order valence-electron chi connectivity index (χ3n) is 6.23. The van der Waals surface area contributed by atoms with Crippen LogP contribution in [0.3, 0.4) is 0 Å². The second kappa shape index (κ2) is 12.5. The molecule has 0 radical (unpaired) electrons. The number of halogens is 1. The van der Waals surface area contributed by atoms with Gasteiger partial charge in [-0.2, -0.15) is 5.26 Å². The molecule has 5 rings (SSSR count). The predicted octanol–water partition coefficient (Wildman–Crippen LogP) is 7.33. The van der Waals surface area contributed by atoms with Gasteiger partial charge in [-0.25, -0.2) is 4.98 Å². The van der Waals surface area contributed by atoms with Crippen LogP contribution in [-0.4, -0.2) is 34.0 Å². The summed E-state index contributed by atoms with van der Waals surface area (Å²) in [5.41, 5.74) is 3.79. The van der Waals surface area contributed by atoms with Crippen LogP contribution in [0.4, 0.5) is 11.4 Å². The molecule has 1 saturated heterocycles. The number of pyridine rings is 1. The van der Waals surface area contributed by atoms with Crippen LogP contribution in [0.1, 0.15) is 36.8 Å². The van der Waals surface area contributed by atoms with Gasteiger partial charge in [0.25, 0.3) is 0 Å². The number of hydrogen-bond acceptors (Lipinski definition) is 7. The number of rotatable bonds is 9. The van der Waals surface area contributed by atoms with Gasteiger partial charge in [0, 0.05) is 48.2 Å². The molecule has 1 unspecified atom stereocenters. The lowest BCUT2D eigenvalue weighted by Gasteiger charge is -2.22. The van der Waals surface area contributed by atoms with Gasteiger partial charge in [0.2, 0.25) is 0 Å². The molecule has 3 heterocycles. The number of nitrogens with one attached hydrogen (secondary N) is 1. The van der Waals surface area contributed by atoms with Gasteiger partial charge in [-0.05, 0) is 55.5 Å². The summed E-state index contributed by atoms with van der Waals surface area (Å²) in [5.74, 6) is 0. The zero-order valence-electron chi connectivity index (χ0n) is 21.1. The minimum absolute atomic E-state index is 0.0622. The third kappa shape index (κ3) is 6.37. The SMILES string of the molecule is Cn1ccnc1Sc1ccc(Nc2c(C#N)cnc3cc(C=CCCOC4CCCCO4)ccc23)cc1Cl. The highest BCUT2D eigenvalue weighted by Crippen LogP contribution is 2.36. The summed E-state index contributed by atoms with van der Waals surface area (Å²) >= 11 is 8.09.